The lowest BCUT2D eigenvalue weighted by atomic mass is 10.1. The van der Waals surface area contributed by atoms with Crippen molar-refractivity contribution in [1.82, 2.24) is 9.97 Å². The predicted octanol–water partition coefficient (Wildman–Crippen LogP) is 2.40. The van der Waals surface area contributed by atoms with Gasteiger partial charge in [0, 0.05) is 18.9 Å². The average Bonchev–Trinajstić information content (AvgIpc) is 2.56. The van der Waals surface area contributed by atoms with E-state index in [1.807, 2.05) is 12.1 Å². The number of pyridine rings is 2. The molecule has 1 aliphatic heterocycles. The molecule has 0 amide bonds. The van der Waals surface area contributed by atoms with Gasteiger partial charge < -0.3 is 9.64 Å². The number of piperidine rings is 1. The molecule has 0 saturated carbocycles. The van der Waals surface area contributed by atoms with Gasteiger partial charge in [-0.1, -0.05) is 0 Å². The molecule has 0 spiro atoms. The molecule has 106 valence electrons. The van der Waals surface area contributed by atoms with Gasteiger partial charge in [0.2, 0.25) is 0 Å². The van der Waals surface area contributed by atoms with Crippen LogP contribution in [-0.4, -0.2) is 29.2 Å². The quantitative estimate of drug-likeness (QED) is 0.864. The summed E-state index contributed by atoms with van der Waals surface area (Å²) in [6.45, 7) is 1.64. The van der Waals surface area contributed by atoms with E-state index in [4.69, 9.17) is 4.74 Å². The number of nitriles is 1. The summed E-state index contributed by atoms with van der Waals surface area (Å²) in [5.74, 6) is 1.53. The Hall–Kier alpha value is -2.61. The number of aromatic nitrogens is 2. The molecule has 2 aromatic rings. The third-order valence-electron chi connectivity index (χ3n) is 3.52. The van der Waals surface area contributed by atoms with Crippen LogP contribution in [0, 0.1) is 11.3 Å². The summed E-state index contributed by atoms with van der Waals surface area (Å²) in [7, 11) is 0. The molecule has 5 heteroatoms. The van der Waals surface area contributed by atoms with E-state index >= 15 is 0 Å². The molecule has 1 saturated heterocycles. The largest absolute Gasteiger partial charge is 0.487 e. The zero-order chi connectivity index (χ0) is 14.5. The molecule has 0 radical (unpaired) electrons. The van der Waals surface area contributed by atoms with Gasteiger partial charge in [-0.15, -0.1) is 0 Å². The van der Waals surface area contributed by atoms with E-state index in [0.717, 1.165) is 37.5 Å². The first-order valence-electron chi connectivity index (χ1n) is 7.03. The van der Waals surface area contributed by atoms with Crippen molar-refractivity contribution in [1.29, 1.82) is 5.26 Å². The molecule has 3 rings (SSSR count). The highest BCUT2D eigenvalue weighted by atomic mass is 16.5. The highest BCUT2D eigenvalue weighted by molar-refractivity contribution is 5.53. The van der Waals surface area contributed by atoms with Gasteiger partial charge in [-0.05, 0) is 37.1 Å². The first-order valence-corrected chi connectivity index (χ1v) is 7.03. The van der Waals surface area contributed by atoms with Crippen molar-refractivity contribution >= 4 is 5.82 Å². The second-order valence-electron chi connectivity index (χ2n) is 5.00. The molecule has 2 aromatic heterocycles. The summed E-state index contributed by atoms with van der Waals surface area (Å²) in [5, 5.41) is 9.19. The molecule has 1 fully saturated rings. The fourth-order valence-electron chi connectivity index (χ4n) is 2.57. The van der Waals surface area contributed by atoms with Gasteiger partial charge in [-0.3, -0.25) is 4.98 Å². The third kappa shape index (κ3) is 3.11. The van der Waals surface area contributed by atoms with E-state index in [0.29, 0.717) is 5.56 Å². The number of rotatable bonds is 3. The van der Waals surface area contributed by atoms with Gasteiger partial charge in [0.25, 0.3) is 0 Å². The van der Waals surface area contributed by atoms with Crippen LogP contribution in [0.15, 0.2) is 42.9 Å². The lowest BCUT2D eigenvalue weighted by Gasteiger charge is -2.33. The maximum absolute atomic E-state index is 9.19. The van der Waals surface area contributed by atoms with Gasteiger partial charge in [-0.2, -0.15) is 5.26 Å². The first-order chi connectivity index (χ1) is 10.4. The van der Waals surface area contributed by atoms with Gasteiger partial charge in [0.05, 0.1) is 18.3 Å². The monoisotopic (exact) mass is 280 g/mol. The summed E-state index contributed by atoms with van der Waals surface area (Å²) in [4.78, 5) is 10.5. The molecular formula is C16H16N4O. The fraction of sp³-hybridized carbons (Fsp3) is 0.312. The van der Waals surface area contributed by atoms with Crippen LogP contribution in [0.2, 0.25) is 0 Å². The Bertz CT molecular complexity index is 638. The Labute approximate surface area is 123 Å². The van der Waals surface area contributed by atoms with Gasteiger partial charge in [-0.25, -0.2) is 4.98 Å². The van der Waals surface area contributed by atoms with Crippen LogP contribution in [0.1, 0.15) is 18.4 Å². The highest BCUT2D eigenvalue weighted by Crippen LogP contribution is 2.23. The van der Waals surface area contributed by atoms with E-state index in [9.17, 15) is 5.26 Å². The highest BCUT2D eigenvalue weighted by Gasteiger charge is 2.23. The van der Waals surface area contributed by atoms with Gasteiger partial charge in [0.15, 0.2) is 0 Å². The Morgan fingerprint density at radius 1 is 1.29 bits per heavy atom. The lowest BCUT2D eigenvalue weighted by Crippen LogP contribution is -2.41. The van der Waals surface area contributed by atoms with Crippen molar-refractivity contribution in [2.24, 2.45) is 0 Å². The van der Waals surface area contributed by atoms with Crippen molar-refractivity contribution in [3.8, 4) is 11.8 Å². The first kappa shape index (κ1) is 13.4. The SMILES string of the molecule is N#Cc1cccnc1N1CCCC(Oc2cccnc2)C1. The molecule has 0 N–H and O–H groups in total. The molecule has 21 heavy (non-hydrogen) atoms. The Balaban J connectivity index is 1.73. The number of nitrogens with zero attached hydrogens (tertiary/aromatic N) is 4. The Morgan fingerprint density at radius 2 is 2.19 bits per heavy atom. The summed E-state index contributed by atoms with van der Waals surface area (Å²) >= 11 is 0. The molecule has 1 unspecified atom stereocenters. The normalized spacial score (nSPS) is 18.0. The summed E-state index contributed by atoms with van der Waals surface area (Å²) in [5.41, 5.74) is 0.611. The average molecular weight is 280 g/mol. The molecule has 1 aliphatic rings. The number of hydrogen-bond acceptors (Lipinski definition) is 5. The van der Waals surface area contributed by atoms with Crippen molar-refractivity contribution in [3.05, 3.63) is 48.4 Å². The minimum absolute atomic E-state index is 0.0940. The van der Waals surface area contributed by atoms with Gasteiger partial charge >= 0.3 is 0 Å². The zero-order valence-corrected chi connectivity index (χ0v) is 11.6. The fourth-order valence-corrected chi connectivity index (χ4v) is 2.57. The third-order valence-corrected chi connectivity index (χ3v) is 3.52. The van der Waals surface area contributed by atoms with Crippen LogP contribution >= 0.6 is 0 Å². The lowest BCUT2D eigenvalue weighted by molar-refractivity contribution is 0.178. The van der Waals surface area contributed by atoms with E-state index in [2.05, 4.69) is 20.9 Å². The smallest absolute Gasteiger partial charge is 0.146 e. The number of hydrogen-bond donors (Lipinski definition) is 0. The molecule has 0 aliphatic carbocycles. The molecule has 1 atom stereocenters. The van der Waals surface area contributed by atoms with E-state index in [1.54, 1.807) is 30.7 Å². The number of ether oxygens (including phenoxy) is 1. The van der Waals surface area contributed by atoms with Crippen LogP contribution in [0.3, 0.4) is 0 Å². The molecule has 0 aromatic carbocycles. The minimum atomic E-state index is 0.0940. The molecular weight excluding hydrogens is 264 g/mol. The van der Waals surface area contributed by atoms with E-state index < -0.39 is 0 Å². The zero-order valence-electron chi connectivity index (χ0n) is 11.6. The number of anilines is 1. The van der Waals surface area contributed by atoms with Crippen LogP contribution in [0.25, 0.3) is 0 Å². The molecule has 0 bridgehead atoms. The predicted molar refractivity (Wildman–Crippen MR) is 79.1 cm³/mol. The standard InChI is InChI=1S/C16H16N4O/c17-10-13-4-1-8-19-16(13)20-9-3-6-15(12-20)21-14-5-2-7-18-11-14/h1-2,4-5,7-8,11,15H,3,6,9,12H2. The van der Waals surface area contributed by atoms with Crippen LogP contribution in [-0.2, 0) is 0 Å². The summed E-state index contributed by atoms with van der Waals surface area (Å²) in [6.07, 6.45) is 7.29. The summed E-state index contributed by atoms with van der Waals surface area (Å²) in [6, 6.07) is 9.56. The second kappa shape index (κ2) is 6.23. The van der Waals surface area contributed by atoms with Crippen molar-refractivity contribution in [2.75, 3.05) is 18.0 Å². The van der Waals surface area contributed by atoms with Crippen molar-refractivity contribution in [2.45, 2.75) is 18.9 Å². The Kier molecular flexibility index (Phi) is 3.97. The Morgan fingerprint density at radius 3 is 3.00 bits per heavy atom. The van der Waals surface area contributed by atoms with Crippen LogP contribution < -0.4 is 9.64 Å². The van der Waals surface area contributed by atoms with Crippen molar-refractivity contribution in [3.63, 3.8) is 0 Å². The maximum atomic E-state index is 9.19. The van der Waals surface area contributed by atoms with Gasteiger partial charge in [0.1, 0.15) is 23.7 Å². The maximum Gasteiger partial charge on any atom is 0.146 e. The molecule has 5 nitrogen and oxygen atoms in total. The molecule has 3 heterocycles. The van der Waals surface area contributed by atoms with Crippen LogP contribution in [0.5, 0.6) is 5.75 Å². The van der Waals surface area contributed by atoms with E-state index in [-0.39, 0.29) is 6.10 Å². The van der Waals surface area contributed by atoms with E-state index in [1.165, 1.54) is 0 Å². The minimum Gasteiger partial charge on any atom is -0.487 e. The van der Waals surface area contributed by atoms with Crippen LogP contribution in [0.4, 0.5) is 5.82 Å². The second-order valence-corrected chi connectivity index (χ2v) is 5.00. The van der Waals surface area contributed by atoms with Crippen molar-refractivity contribution < 1.29 is 4.74 Å². The topological polar surface area (TPSA) is 62.0 Å². The summed E-state index contributed by atoms with van der Waals surface area (Å²) < 4.78 is 5.97.